The number of aromatic hydroxyl groups is 1. The van der Waals surface area contributed by atoms with Gasteiger partial charge in [0, 0.05) is 5.56 Å². The molecule has 1 aromatic carbocycles. The van der Waals surface area contributed by atoms with E-state index in [1.54, 1.807) is 12.1 Å². The molecule has 14 heavy (non-hydrogen) atoms. The first-order valence-corrected chi connectivity index (χ1v) is 4.53. The van der Waals surface area contributed by atoms with Crippen LogP contribution in [0, 0.1) is 0 Å². The van der Waals surface area contributed by atoms with E-state index in [1.165, 1.54) is 6.07 Å². The van der Waals surface area contributed by atoms with Crippen molar-refractivity contribution in [3.63, 3.8) is 0 Å². The quantitative estimate of drug-likeness (QED) is 0.517. The van der Waals surface area contributed by atoms with Crippen molar-refractivity contribution in [2.45, 2.75) is 24.4 Å². The van der Waals surface area contributed by atoms with E-state index < -0.39 is 12.2 Å². The number of fused-ring (bicyclic) bond motifs is 2. The number of hydrogen-bond acceptors (Lipinski definition) is 4. The molecule has 3 N–H and O–H groups in total. The Morgan fingerprint density at radius 2 is 1.79 bits per heavy atom. The molecule has 4 atom stereocenters. The summed E-state index contributed by atoms with van der Waals surface area (Å²) in [5.41, 5.74) is 0.968. The molecule has 3 rings (SSSR count). The van der Waals surface area contributed by atoms with Gasteiger partial charge in [0.25, 0.3) is 0 Å². The van der Waals surface area contributed by atoms with Crippen LogP contribution >= 0.6 is 0 Å². The molecule has 1 heterocycles. The minimum atomic E-state index is -0.820. The molecular formula is C10H10O4. The van der Waals surface area contributed by atoms with E-state index in [9.17, 15) is 15.3 Å². The van der Waals surface area contributed by atoms with Crippen LogP contribution in [0.25, 0.3) is 0 Å². The molecule has 1 aliphatic heterocycles. The van der Waals surface area contributed by atoms with Crippen LogP contribution in [0.2, 0.25) is 0 Å². The zero-order valence-electron chi connectivity index (χ0n) is 7.29. The van der Waals surface area contributed by atoms with Crippen LogP contribution < -0.4 is 0 Å². The summed E-state index contributed by atoms with van der Waals surface area (Å²) in [5.74, 6) is 0.0167. The Hall–Kier alpha value is -1.10. The number of aliphatic hydroxyl groups is 2. The fourth-order valence-corrected chi connectivity index (χ4v) is 2.14. The maximum absolute atomic E-state index is 9.77. The Kier molecular flexibility index (Phi) is 1.45. The summed E-state index contributed by atoms with van der Waals surface area (Å²) >= 11 is 0. The van der Waals surface area contributed by atoms with Gasteiger partial charge in [-0.25, -0.2) is 0 Å². The summed E-state index contributed by atoms with van der Waals surface area (Å²) in [4.78, 5) is 0. The molecule has 74 valence electrons. The largest absolute Gasteiger partial charge is 0.508 e. The van der Waals surface area contributed by atoms with E-state index in [0.29, 0.717) is 11.1 Å². The third-order valence-electron chi connectivity index (χ3n) is 2.92. The standard InChI is InChI=1S/C10H10O4/c11-5-3-1-2-4-6(5)8(13)10-9(14-10)7(4)12/h1-3,7-13H/t7-,8+,9-,10+/m0/s1. The molecule has 4 nitrogen and oxygen atoms in total. The first-order valence-electron chi connectivity index (χ1n) is 4.53. The molecular weight excluding hydrogens is 184 g/mol. The molecule has 0 spiro atoms. The maximum Gasteiger partial charge on any atom is 0.121 e. The zero-order valence-corrected chi connectivity index (χ0v) is 7.29. The highest BCUT2D eigenvalue weighted by Gasteiger charge is 2.55. The van der Waals surface area contributed by atoms with E-state index in [0.717, 1.165) is 0 Å². The van der Waals surface area contributed by atoms with Crippen molar-refractivity contribution in [1.82, 2.24) is 0 Å². The SMILES string of the molecule is Oc1cccc2c1[C@@H](O)[C@H]1O[C@H]1[C@H]2O. The third-order valence-corrected chi connectivity index (χ3v) is 2.92. The topological polar surface area (TPSA) is 73.2 Å². The van der Waals surface area contributed by atoms with Crippen molar-refractivity contribution >= 4 is 0 Å². The number of epoxide rings is 1. The average molecular weight is 194 g/mol. The average Bonchev–Trinajstić information content (AvgIpc) is 2.93. The highest BCUT2D eigenvalue weighted by atomic mass is 16.6. The van der Waals surface area contributed by atoms with E-state index >= 15 is 0 Å². The lowest BCUT2D eigenvalue weighted by atomic mass is 9.87. The molecule has 1 aliphatic carbocycles. The minimum absolute atomic E-state index is 0.0167. The van der Waals surface area contributed by atoms with E-state index in [-0.39, 0.29) is 18.0 Å². The van der Waals surface area contributed by atoms with Crippen LogP contribution in [0.5, 0.6) is 5.75 Å². The van der Waals surface area contributed by atoms with Crippen molar-refractivity contribution < 1.29 is 20.1 Å². The number of phenols is 1. The second-order valence-electron chi connectivity index (χ2n) is 3.74. The number of phenolic OH excluding ortho intramolecular Hbond substituents is 1. The van der Waals surface area contributed by atoms with Gasteiger partial charge in [-0.15, -0.1) is 0 Å². The van der Waals surface area contributed by atoms with Crippen molar-refractivity contribution in [2.75, 3.05) is 0 Å². The molecule has 4 heteroatoms. The van der Waals surface area contributed by atoms with E-state index in [2.05, 4.69) is 0 Å². The van der Waals surface area contributed by atoms with Gasteiger partial charge in [-0.3, -0.25) is 0 Å². The number of hydrogen-bond donors (Lipinski definition) is 3. The lowest BCUT2D eigenvalue weighted by Gasteiger charge is -2.22. The van der Waals surface area contributed by atoms with Crippen LogP contribution in [0.15, 0.2) is 18.2 Å². The van der Waals surface area contributed by atoms with Crippen molar-refractivity contribution in [2.24, 2.45) is 0 Å². The Morgan fingerprint density at radius 1 is 1.07 bits per heavy atom. The Morgan fingerprint density at radius 3 is 2.57 bits per heavy atom. The van der Waals surface area contributed by atoms with Crippen LogP contribution in [-0.4, -0.2) is 27.5 Å². The minimum Gasteiger partial charge on any atom is -0.508 e. The lowest BCUT2D eigenvalue weighted by Crippen LogP contribution is -2.22. The summed E-state index contributed by atoms with van der Waals surface area (Å²) in [6.45, 7) is 0. The van der Waals surface area contributed by atoms with Crippen LogP contribution in [0.4, 0.5) is 0 Å². The van der Waals surface area contributed by atoms with Gasteiger partial charge < -0.3 is 20.1 Å². The smallest absolute Gasteiger partial charge is 0.121 e. The maximum atomic E-state index is 9.77. The van der Waals surface area contributed by atoms with E-state index in [4.69, 9.17) is 4.74 Å². The molecule has 2 aliphatic rings. The van der Waals surface area contributed by atoms with Crippen molar-refractivity contribution in [3.8, 4) is 5.75 Å². The predicted molar refractivity (Wildman–Crippen MR) is 46.7 cm³/mol. The Labute approximate surface area is 80.4 Å². The fraction of sp³-hybridized carbons (Fsp3) is 0.400. The normalized spacial score (nSPS) is 38.7. The van der Waals surface area contributed by atoms with Gasteiger partial charge in [-0.05, 0) is 11.6 Å². The Bertz CT molecular complexity index is 390. The highest BCUT2D eigenvalue weighted by Crippen LogP contribution is 2.50. The molecule has 0 bridgehead atoms. The number of rotatable bonds is 0. The number of aliphatic hydroxyl groups excluding tert-OH is 2. The van der Waals surface area contributed by atoms with E-state index in [1.807, 2.05) is 0 Å². The van der Waals surface area contributed by atoms with Gasteiger partial charge in [0.2, 0.25) is 0 Å². The number of ether oxygens (including phenoxy) is 1. The summed E-state index contributed by atoms with van der Waals surface area (Å²) < 4.78 is 5.13. The first-order chi connectivity index (χ1) is 6.70. The molecule has 1 saturated heterocycles. The third kappa shape index (κ3) is 0.877. The monoisotopic (exact) mass is 194 g/mol. The van der Waals surface area contributed by atoms with Gasteiger partial charge in [0.05, 0.1) is 0 Å². The zero-order chi connectivity index (χ0) is 9.87. The molecule has 0 unspecified atom stereocenters. The van der Waals surface area contributed by atoms with Crippen molar-refractivity contribution in [1.29, 1.82) is 0 Å². The second-order valence-corrected chi connectivity index (χ2v) is 3.74. The summed E-state index contributed by atoms with van der Waals surface area (Å²) in [6.07, 6.45) is -2.21. The molecule has 1 fully saturated rings. The van der Waals surface area contributed by atoms with Gasteiger partial charge >= 0.3 is 0 Å². The highest BCUT2D eigenvalue weighted by molar-refractivity contribution is 5.46. The molecule has 0 saturated carbocycles. The second kappa shape index (κ2) is 2.48. The van der Waals surface area contributed by atoms with Crippen LogP contribution in [0.3, 0.4) is 0 Å². The van der Waals surface area contributed by atoms with Crippen LogP contribution in [0.1, 0.15) is 23.3 Å². The fourth-order valence-electron chi connectivity index (χ4n) is 2.14. The first kappa shape index (κ1) is 8.23. The van der Waals surface area contributed by atoms with Crippen LogP contribution in [-0.2, 0) is 4.74 Å². The summed E-state index contributed by atoms with van der Waals surface area (Å²) in [6, 6.07) is 4.84. The number of benzene rings is 1. The lowest BCUT2D eigenvalue weighted by molar-refractivity contribution is 0.116. The van der Waals surface area contributed by atoms with Gasteiger partial charge in [0.15, 0.2) is 0 Å². The summed E-state index contributed by atoms with van der Waals surface area (Å²) in [5, 5.41) is 29.1. The van der Waals surface area contributed by atoms with Gasteiger partial charge in [-0.2, -0.15) is 0 Å². The molecule has 1 aromatic rings. The van der Waals surface area contributed by atoms with Gasteiger partial charge in [0.1, 0.15) is 30.2 Å². The summed E-state index contributed by atoms with van der Waals surface area (Å²) in [7, 11) is 0. The molecule has 0 aromatic heterocycles. The Balaban J connectivity index is 2.19. The molecule has 0 amide bonds. The predicted octanol–water partition coefficient (Wildman–Crippen LogP) is 0.240. The van der Waals surface area contributed by atoms with Gasteiger partial charge in [-0.1, -0.05) is 12.1 Å². The molecule has 0 radical (unpaired) electrons. The van der Waals surface area contributed by atoms with Crippen molar-refractivity contribution in [3.05, 3.63) is 29.3 Å².